The lowest BCUT2D eigenvalue weighted by atomic mass is 9.84. The number of rotatable bonds is 18. The van der Waals surface area contributed by atoms with Crippen molar-refractivity contribution < 1.29 is 47.8 Å². The fourth-order valence-electron chi connectivity index (χ4n) is 6.08. The number of hydrogen-bond donors (Lipinski definition) is 1. The number of ether oxygens (including phenoxy) is 8. The molecule has 0 spiro atoms. The largest absolute Gasteiger partial charge is 0.497 e. The van der Waals surface area contributed by atoms with Crippen molar-refractivity contribution in [1.29, 1.82) is 0 Å². The van der Waals surface area contributed by atoms with Crippen LogP contribution in [0.4, 0.5) is 4.79 Å². The first-order valence-electron chi connectivity index (χ1n) is 16.9. The van der Waals surface area contributed by atoms with Gasteiger partial charge in [0.25, 0.3) is 0 Å². The zero-order valence-corrected chi connectivity index (χ0v) is 29.6. The summed E-state index contributed by atoms with van der Waals surface area (Å²) >= 11 is 0. The van der Waals surface area contributed by atoms with Crippen LogP contribution in [0.2, 0.25) is 0 Å². The van der Waals surface area contributed by atoms with Crippen LogP contribution < -0.4 is 23.7 Å². The summed E-state index contributed by atoms with van der Waals surface area (Å²) in [5.41, 5.74) is 3.74. The molecule has 11 heteroatoms. The third-order valence-electron chi connectivity index (χ3n) is 8.70. The molecular weight excluding hydrogens is 654 g/mol. The van der Waals surface area contributed by atoms with E-state index in [0.29, 0.717) is 42.8 Å². The van der Waals surface area contributed by atoms with Gasteiger partial charge < -0.3 is 47.9 Å². The Hall–Kier alpha value is -4.97. The van der Waals surface area contributed by atoms with E-state index in [-0.39, 0.29) is 32.2 Å². The molecule has 5 rings (SSSR count). The number of benzene rings is 4. The Morgan fingerprint density at radius 3 is 1.61 bits per heavy atom. The van der Waals surface area contributed by atoms with E-state index < -0.39 is 18.3 Å². The van der Waals surface area contributed by atoms with Crippen molar-refractivity contribution in [2.24, 2.45) is 0 Å². The van der Waals surface area contributed by atoms with Crippen LogP contribution in [0.15, 0.2) is 91.0 Å². The average molecular weight is 702 g/mol. The monoisotopic (exact) mass is 701 g/mol. The normalized spacial score (nSPS) is 17.1. The maximum atomic E-state index is 12.4. The molecule has 1 aliphatic rings. The van der Waals surface area contributed by atoms with Gasteiger partial charge in [-0.25, -0.2) is 4.79 Å². The molecule has 51 heavy (non-hydrogen) atoms. The summed E-state index contributed by atoms with van der Waals surface area (Å²) in [7, 11) is 6.37. The van der Waals surface area contributed by atoms with Gasteiger partial charge in [0.2, 0.25) is 0 Å². The Morgan fingerprint density at radius 2 is 1.14 bits per heavy atom. The lowest BCUT2D eigenvalue weighted by molar-refractivity contribution is -0.0937. The van der Waals surface area contributed by atoms with Crippen LogP contribution in [0.5, 0.6) is 28.7 Å². The van der Waals surface area contributed by atoms with Crippen molar-refractivity contribution in [1.82, 2.24) is 4.90 Å². The van der Waals surface area contributed by atoms with Gasteiger partial charge in [0, 0.05) is 24.5 Å². The predicted molar refractivity (Wildman–Crippen MR) is 191 cm³/mol. The number of carboxylic acid groups (broad SMARTS) is 1. The number of piperidine rings is 1. The van der Waals surface area contributed by atoms with Gasteiger partial charge in [-0.3, -0.25) is 0 Å². The van der Waals surface area contributed by atoms with Crippen molar-refractivity contribution in [3.8, 4) is 28.7 Å². The first-order chi connectivity index (χ1) is 24.9. The average Bonchev–Trinajstić information content (AvgIpc) is 3.17. The summed E-state index contributed by atoms with van der Waals surface area (Å²) in [6, 6.07) is 29.0. The van der Waals surface area contributed by atoms with E-state index in [1.807, 2.05) is 78.9 Å². The minimum atomic E-state index is -1.04. The smallest absolute Gasteiger partial charge is 0.407 e. The van der Waals surface area contributed by atoms with Crippen molar-refractivity contribution in [2.45, 2.75) is 44.4 Å². The standard InChI is InChI=1S/C40H47NO10/c1-44-33-17-29(18-34(21-33)45-2)26-50-37-23-41(40(42)43)24-38(51-27-30-19-35(46-3)22-36(20-30)47-4)39(37)31-11-13-32(14-12-31)49-16-8-15-48-25-28-9-6-5-7-10-28/h5-7,9-14,17-22,37-39H,8,15-16,23-27H2,1-4H3,(H,42,43)/t37-,38+,39?. The van der Waals surface area contributed by atoms with E-state index in [1.54, 1.807) is 40.6 Å². The topological polar surface area (TPSA) is 114 Å². The van der Waals surface area contributed by atoms with Crippen LogP contribution in [0, 0.1) is 0 Å². The third-order valence-corrected chi connectivity index (χ3v) is 8.70. The Bertz CT molecular complexity index is 1550. The highest BCUT2D eigenvalue weighted by Gasteiger charge is 2.41. The second-order valence-electron chi connectivity index (χ2n) is 12.2. The Kier molecular flexibility index (Phi) is 13.8. The molecule has 3 atom stereocenters. The second-order valence-corrected chi connectivity index (χ2v) is 12.2. The first kappa shape index (κ1) is 37.3. The van der Waals surface area contributed by atoms with Crippen LogP contribution in [0.3, 0.4) is 0 Å². The zero-order valence-electron chi connectivity index (χ0n) is 29.6. The summed E-state index contributed by atoms with van der Waals surface area (Å²) in [5.74, 6) is 2.96. The van der Waals surface area contributed by atoms with E-state index in [0.717, 1.165) is 34.4 Å². The minimum Gasteiger partial charge on any atom is -0.497 e. The minimum absolute atomic E-state index is 0.162. The number of likely N-dealkylation sites (tertiary alicyclic amines) is 1. The van der Waals surface area contributed by atoms with E-state index >= 15 is 0 Å². The highest BCUT2D eigenvalue weighted by molar-refractivity contribution is 5.65. The molecule has 4 aromatic carbocycles. The van der Waals surface area contributed by atoms with Gasteiger partial charge in [-0.05, 0) is 58.7 Å². The van der Waals surface area contributed by atoms with Gasteiger partial charge in [0.05, 0.1) is 86.8 Å². The molecule has 1 saturated heterocycles. The van der Waals surface area contributed by atoms with E-state index in [9.17, 15) is 9.90 Å². The van der Waals surface area contributed by atoms with E-state index in [1.165, 1.54) is 4.90 Å². The maximum absolute atomic E-state index is 12.4. The summed E-state index contributed by atoms with van der Waals surface area (Å²) in [6.45, 7) is 2.40. The van der Waals surface area contributed by atoms with Crippen LogP contribution in [0.1, 0.15) is 34.6 Å². The molecular formula is C40H47NO10. The van der Waals surface area contributed by atoms with Gasteiger partial charge in [-0.2, -0.15) is 0 Å². The number of nitrogens with zero attached hydrogens (tertiary/aromatic N) is 1. The van der Waals surface area contributed by atoms with Crippen molar-refractivity contribution in [3.05, 3.63) is 113 Å². The van der Waals surface area contributed by atoms with Crippen molar-refractivity contribution in [3.63, 3.8) is 0 Å². The van der Waals surface area contributed by atoms with E-state index in [2.05, 4.69) is 0 Å². The quantitative estimate of drug-likeness (QED) is 0.109. The molecule has 4 aromatic rings. The van der Waals surface area contributed by atoms with E-state index in [4.69, 9.17) is 37.9 Å². The molecule has 0 bridgehead atoms. The van der Waals surface area contributed by atoms with Gasteiger partial charge in [-0.1, -0.05) is 42.5 Å². The highest BCUT2D eigenvalue weighted by atomic mass is 16.5. The summed E-state index contributed by atoms with van der Waals surface area (Å²) in [5, 5.41) is 10.1. The fourth-order valence-corrected chi connectivity index (χ4v) is 6.08. The molecule has 0 aromatic heterocycles. The van der Waals surface area contributed by atoms with Crippen LogP contribution in [-0.4, -0.2) is 83.1 Å². The lowest BCUT2D eigenvalue weighted by Crippen LogP contribution is -2.54. The van der Waals surface area contributed by atoms with Crippen LogP contribution in [-0.2, 0) is 34.0 Å². The van der Waals surface area contributed by atoms with Gasteiger partial charge in [-0.15, -0.1) is 0 Å². The Balaban J connectivity index is 1.32. The SMILES string of the molecule is COc1cc(CO[C@H]2CN(C(=O)O)C[C@@H](OCc3cc(OC)cc(OC)c3)C2c2ccc(OCCCOCc3ccccc3)cc2)cc(OC)c1. The molecule has 1 fully saturated rings. The third kappa shape index (κ3) is 10.8. The summed E-state index contributed by atoms with van der Waals surface area (Å²) in [4.78, 5) is 13.7. The highest BCUT2D eigenvalue weighted by Crippen LogP contribution is 2.36. The molecule has 272 valence electrons. The number of carbonyl (C=O) groups is 1. The zero-order chi connectivity index (χ0) is 36.0. The fraction of sp³-hybridized carbons (Fsp3) is 0.375. The first-order valence-corrected chi connectivity index (χ1v) is 16.9. The Morgan fingerprint density at radius 1 is 0.627 bits per heavy atom. The Labute approximate surface area is 299 Å². The van der Waals surface area contributed by atoms with Crippen molar-refractivity contribution in [2.75, 3.05) is 54.7 Å². The molecule has 1 heterocycles. The number of amides is 1. The van der Waals surface area contributed by atoms with Crippen molar-refractivity contribution >= 4 is 6.09 Å². The molecule has 0 radical (unpaired) electrons. The van der Waals surface area contributed by atoms with Crippen LogP contribution >= 0.6 is 0 Å². The number of methoxy groups -OCH3 is 4. The van der Waals surface area contributed by atoms with Gasteiger partial charge >= 0.3 is 6.09 Å². The molecule has 0 aliphatic carbocycles. The summed E-state index contributed by atoms with van der Waals surface area (Å²) < 4.78 is 46.7. The van der Waals surface area contributed by atoms with Crippen LogP contribution in [0.25, 0.3) is 0 Å². The molecule has 1 N–H and O–H groups in total. The predicted octanol–water partition coefficient (Wildman–Crippen LogP) is 6.95. The molecule has 1 aliphatic heterocycles. The molecule has 1 amide bonds. The maximum Gasteiger partial charge on any atom is 0.407 e. The molecule has 0 saturated carbocycles. The molecule has 1 unspecified atom stereocenters. The number of hydrogen-bond acceptors (Lipinski definition) is 9. The lowest BCUT2D eigenvalue weighted by Gasteiger charge is -2.42. The molecule has 11 nitrogen and oxygen atoms in total. The van der Waals surface area contributed by atoms with Gasteiger partial charge in [0.15, 0.2) is 0 Å². The van der Waals surface area contributed by atoms with Gasteiger partial charge in [0.1, 0.15) is 28.7 Å². The second kappa shape index (κ2) is 18.9. The summed E-state index contributed by atoms with van der Waals surface area (Å²) in [6.07, 6.45) is -1.37.